The maximum atomic E-state index is 15.3. The predicted molar refractivity (Wildman–Crippen MR) is 155 cm³/mol. The van der Waals surface area contributed by atoms with E-state index >= 15 is 4.89 Å². The maximum Gasteiger partial charge on any atom is 0.369 e. The van der Waals surface area contributed by atoms with Gasteiger partial charge in [0.2, 0.25) is 0 Å². The zero-order valence-electron chi connectivity index (χ0n) is 24.7. The Labute approximate surface area is 228 Å². The van der Waals surface area contributed by atoms with E-state index in [2.05, 4.69) is 81.4 Å². The molecule has 2 atom stereocenters. The maximum absolute atomic E-state index is 15.3. The van der Waals surface area contributed by atoms with E-state index < -0.39 is 19.2 Å². The highest BCUT2D eigenvalue weighted by Gasteiger charge is 2.70. The molecule has 0 radical (unpaired) electrons. The fourth-order valence-corrected chi connectivity index (χ4v) is 8.34. The van der Waals surface area contributed by atoms with Gasteiger partial charge in [-0.2, -0.15) is 0 Å². The summed E-state index contributed by atoms with van der Waals surface area (Å²) >= 11 is 0. The highest BCUT2D eigenvalue weighted by molar-refractivity contribution is 7.61. The van der Waals surface area contributed by atoms with E-state index in [9.17, 15) is 5.11 Å². The van der Waals surface area contributed by atoms with Gasteiger partial charge < -0.3 is 19.0 Å². The summed E-state index contributed by atoms with van der Waals surface area (Å²) < 4.78 is 13.4. The number of hydrogen-bond acceptors (Lipinski definition) is 4. The van der Waals surface area contributed by atoms with Crippen LogP contribution in [0.15, 0.2) is 36.4 Å². The third kappa shape index (κ3) is 3.60. The number of hydrogen-bond donors (Lipinski definition) is 1. The average molecular weight is 533 g/mol. The zero-order chi connectivity index (χ0) is 28.2. The molecule has 4 nitrogen and oxygen atoms in total. The van der Waals surface area contributed by atoms with Crippen LogP contribution >= 0.6 is 7.94 Å². The van der Waals surface area contributed by atoms with Gasteiger partial charge in [0, 0.05) is 27.8 Å². The molecule has 1 N–H and O–H groups in total. The third-order valence-corrected chi connectivity index (χ3v) is 11.0. The molecule has 0 spiro atoms. The Morgan fingerprint density at radius 2 is 1.21 bits per heavy atom. The molecule has 0 aromatic heterocycles. The first-order chi connectivity index (χ1) is 17.4. The largest absolute Gasteiger partial charge is 0.614 e. The molecule has 0 saturated heterocycles. The normalized spacial score (nSPS) is 21.8. The summed E-state index contributed by atoms with van der Waals surface area (Å²) in [6.45, 7) is 23.1. The third-order valence-electron chi connectivity index (χ3n) is 8.73. The average Bonchev–Trinajstić information content (AvgIpc) is 2.96. The Kier molecular flexibility index (Phi) is 5.94. The van der Waals surface area contributed by atoms with Gasteiger partial charge in [-0.3, -0.25) is 0 Å². The molecule has 1 heterocycles. The van der Waals surface area contributed by atoms with E-state index in [4.69, 9.17) is 9.05 Å². The van der Waals surface area contributed by atoms with Gasteiger partial charge in [0.15, 0.2) is 11.5 Å². The van der Waals surface area contributed by atoms with Crippen molar-refractivity contribution in [2.45, 2.75) is 98.3 Å². The molecule has 0 amide bonds. The van der Waals surface area contributed by atoms with Crippen LogP contribution in [0.1, 0.15) is 98.9 Å². The van der Waals surface area contributed by atoms with Crippen molar-refractivity contribution < 1.29 is 19.0 Å². The fourth-order valence-electron chi connectivity index (χ4n) is 6.06. The lowest BCUT2D eigenvalue weighted by molar-refractivity contribution is -0.226. The molecule has 38 heavy (non-hydrogen) atoms. The Hall–Kier alpha value is -2.39. The number of aryl methyl sites for hydroxylation is 2. The standard InChI is InChI=1S/C33H41O4P/c1-18-16-25(31(6,7)8)29-27(20(18)3)28-21(4)19(2)17-26(32(9,10)11)30(28)37-38(35,36-29)33(34)22(5)23-14-12-13-15-24(23)33/h12-17,22,34H,1-11H3/t22-,33-/m0/s1. The quantitative estimate of drug-likeness (QED) is 0.322. The van der Waals surface area contributed by atoms with Crippen molar-refractivity contribution >= 4 is 7.94 Å². The van der Waals surface area contributed by atoms with Gasteiger partial charge in [0.05, 0.1) is 5.92 Å². The summed E-state index contributed by atoms with van der Waals surface area (Å²) in [4.78, 5) is 15.3. The fraction of sp³-hybridized carbons (Fsp3) is 0.455. The van der Waals surface area contributed by atoms with E-state index in [-0.39, 0.29) is 10.8 Å². The second-order valence-electron chi connectivity index (χ2n) is 13.4. The summed E-state index contributed by atoms with van der Waals surface area (Å²) in [6.07, 6.45) is 0. The number of rotatable bonds is 1. The minimum atomic E-state index is -4.23. The van der Waals surface area contributed by atoms with E-state index in [1.807, 2.05) is 31.2 Å². The van der Waals surface area contributed by atoms with Gasteiger partial charge in [-0.25, -0.2) is 0 Å². The highest BCUT2D eigenvalue weighted by atomic mass is 31.2. The highest BCUT2D eigenvalue weighted by Crippen LogP contribution is 2.77. The van der Waals surface area contributed by atoms with Crippen LogP contribution in [-0.2, 0) is 16.2 Å². The summed E-state index contributed by atoms with van der Waals surface area (Å²) in [5.41, 5.74) is 9.13. The smallest absolute Gasteiger partial charge is 0.369 e. The predicted octanol–water partition coefficient (Wildman–Crippen LogP) is 8.04. The minimum absolute atomic E-state index is 0.297. The molecular formula is C33H41O4P. The van der Waals surface area contributed by atoms with Crippen molar-refractivity contribution in [1.82, 2.24) is 0 Å². The molecule has 1 aliphatic carbocycles. The first-order valence-corrected chi connectivity index (χ1v) is 15.1. The molecule has 202 valence electrons. The van der Waals surface area contributed by atoms with Gasteiger partial charge in [-0.15, -0.1) is 0 Å². The molecular weight excluding hydrogens is 491 g/mol. The van der Waals surface area contributed by atoms with Crippen molar-refractivity contribution in [3.05, 3.63) is 80.9 Å². The van der Waals surface area contributed by atoms with Crippen LogP contribution in [0.4, 0.5) is 0 Å². The SMILES string of the molecule is Cc1cc(C(C)(C)C)c2c(c1C)-c1c(C)c(C)cc(C(C)(C)C)c1O[P+]([O-])([C@]1(O)c3ccccc3[C@@H]1C)O2. The molecule has 5 heteroatoms. The molecule has 0 fully saturated rings. The summed E-state index contributed by atoms with van der Waals surface area (Å²) in [5, 5.41) is 10.5. The van der Waals surface area contributed by atoms with Crippen LogP contribution in [0.3, 0.4) is 0 Å². The second-order valence-corrected chi connectivity index (χ2v) is 15.4. The van der Waals surface area contributed by atoms with E-state index in [1.54, 1.807) is 0 Å². The van der Waals surface area contributed by atoms with Crippen LogP contribution < -0.4 is 13.9 Å². The molecule has 3 aromatic rings. The van der Waals surface area contributed by atoms with Crippen molar-refractivity contribution in [2.75, 3.05) is 0 Å². The number of aliphatic hydroxyl groups is 1. The molecule has 1 aliphatic heterocycles. The molecule has 5 rings (SSSR count). The lowest BCUT2D eigenvalue weighted by atomic mass is 9.75. The lowest BCUT2D eigenvalue weighted by Gasteiger charge is -2.49. The minimum Gasteiger partial charge on any atom is -0.614 e. The Morgan fingerprint density at radius 1 is 0.789 bits per heavy atom. The van der Waals surface area contributed by atoms with Gasteiger partial charge >= 0.3 is 7.94 Å². The molecule has 0 unspecified atom stereocenters. The first kappa shape index (κ1) is 27.2. The van der Waals surface area contributed by atoms with Gasteiger partial charge in [0.25, 0.3) is 5.34 Å². The summed E-state index contributed by atoms with van der Waals surface area (Å²) in [5.74, 6) is 0.700. The van der Waals surface area contributed by atoms with Crippen LogP contribution in [-0.4, -0.2) is 5.11 Å². The summed E-state index contributed by atoms with van der Waals surface area (Å²) in [7, 11) is -4.23. The topological polar surface area (TPSA) is 61.8 Å². The molecule has 0 saturated carbocycles. The van der Waals surface area contributed by atoms with E-state index in [0.717, 1.165) is 50.1 Å². The second kappa shape index (κ2) is 8.31. The van der Waals surface area contributed by atoms with Crippen molar-refractivity contribution in [3.8, 4) is 22.6 Å². The molecule has 0 bridgehead atoms. The lowest BCUT2D eigenvalue weighted by Crippen LogP contribution is -2.51. The number of benzene rings is 3. The van der Waals surface area contributed by atoms with Crippen LogP contribution in [0.5, 0.6) is 11.5 Å². The molecule has 2 aliphatic rings. The van der Waals surface area contributed by atoms with Crippen LogP contribution in [0.2, 0.25) is 0 Å². The van der Waals surface area contributed by atoms with Gasteiger partial charge in [-0.05, 0) is 66.3 Å². The van der Waals surface area contributed by atoms with Crippen LogP contribution in [0.25, 0.3) is 11.1 Å². The van der Waals surface area contributed by atoms with E-state index in [0.29, 0.717) is 17.1 Å². The van der Waals surface area contributed by atoms with E-state index in [1.165, 1.54) is 0 Å². The van der Waals surface area contributed by atoms with Crippen molar-refractivity contribution in [1.29, 1.82) is 0 Å². The van der Waals surface area contributed by atoms with Crippen molar-refractivity contribution in [3.63, 3.8) is 0 Å². The van der Waals surface area contributed by atoms with Gasteiger partial charge in [-0.1, -0.05) is 84.9 Å². The molecule has 3 aromatic carbocycles. The first-order valence-electron chi connectivity index (χ1n) is 13.5. The van der Waals surface area contributed by atoms with Crippen molar-refractivity contribution in [2.24, 2.45) is 0 Å². The Balaban J connectivity index is 1.96. The summed E-state index contributed by atoms with van der Waals surface area (Å²) in [6, 6.07) is 11.9. The number of fused-ring (bicyclic) bond motifs is 4. The van der Waals surface area contributed by atoms with Gasteiger partial charge in [0.1, 0.15) is 0 Å². The Morgan fingerprint density at radius 3 is 1.63 bits per heavy atom. The zero-order valence-corrected chi connectivity index (χ0v) is 25.6. The monoisotopic (exact) mass is 532 g/mol. The van der Waals surface area contributed by atoms with Crippen LogP contribution in [0, 0.1) is 27.7 Å². The Bertz CT molecular complexity index is 1400.